The molecule has 2 aromatic rings. The lowest BCUT2D eigenvalue weighted by Crippen LogP contribution is -2.26. The Bertz CT molecular complexity index is 625. The topological polar surface area (TPSA) is 52.6 Å². The number of fused-ring (bicyclic) bond motifs is 1. The van der Waals surface area contributed by atoms with E-state index in [2.05, 4.69) is 0 Å². The second kappa shape index (κ2) is 6.88. The third-order valence-corrected chi connectivity index (χ3v) is 3.18. The average molecular weight is 286 g/mol. The van der Waals surface area contributed by atoms with Gasteiger partial charge in [-0.2, -0.15) is 0 Å². The van der Waals surface area contributed by atoms with Gasteiger partial charge in [-0.1, -0.05) is 42.5 Å². The molecule has 21 heavy (non-hydrogen) atoms. The van der Waals surface area contributed by atoms with Crippen LogP contribution in [0.25, 0.3) is 10.8 Å². The van der Waals surface area contributed by atoms with Crippen LogP contribution in [0.3, 0.4) is 0 Å². The number of carbonyl (C=O) groups excluding carboxylic acids is 2. The van der Waals surface area contributed by atoms with Gasteiger partial charge in [0.15, 0.2) is 5.92 Å². The fourth-order valence-corrected chi connectivity index (χ4v) is 2.30. The number of carbonyl (C=O) groups is 2. The zero-order valence-corrected chi connectivity index (χ0v) is 12.2. The Morgan fingerprint density at radius 3 is 2.10 bits per heavy atom. The molecule has 0 atom stereocenters. The summed E-state index contributed by atoms with van der Waals surface area (Å²) in [5, 5.41) is 1.82. The van der Waals surface area contributed by atoms with Crippen molar-refractivity contribution < 1.29 is 19.1 Å². The molecular formula is C17H18O4. The van der Waals surface area contributed by atoms with E-state index in [-0.39, 0.29) is 13.2 Å². The summed E-state index contributed by atoms with van der Waals surface area (Å²) in [6, 6.07) is 13.1. The van der Waals surface area contributed by atoms with Crippen molar-refractivity contribution in [2.24, 2.45) is 0 Å². The van der Waals surface area contributed by atoms with E-state index in [4.69, 9.17) is 9.47 Å². The quantitative estimate of drug-likeness (QED) is 0.626. The molecule has 0 aromatic heterocycles. The second-order valence-corrected chi connectivity index (χ2v) is 4.51. The molecule has 4 nitrogen and oxygen atoms in total. The molecule has 0 aliphatic rings. The molecule has 2 rings (SSSR count). The molecule has 4 heteroatoms. The van der Waals surface area contributed by atoms with Crippen molar-refractivity contribution in [2.75, 3.05) is 13.2 Å². The lowest BCUT2D eigenvalue weighted by molar-refractivity contribution is -0.156. The molecule has 110 valence electrons. The van der Waals surface area contributed by atoms with Crippen molar-refractivity contribution in [1.29, 1.82) is 0 Å². The zero-order valence-electron chi connectivity index (χ0n) is 12.2. The Morgan fingerprint density at radius 1 is 0.905 bits per heavy atom. The van der Waals surface area contributed by atoms with Crippen molar-refractivity contribution in [3.8, 4) is 0 Å². The zero-order chi connectivity index (χ0) is 15.2. The van der Waals surface area contributed by atoms with Crippen LogP contribution in [0.2, 0.25) is 0 Å². The summed E-state index contributed by atoms with van der Waals surface area (Å²) < 4.78 is 10.1. The molecule has 0 radical (unpaired) electrons. The highest BCUT2D eigenvalue weighted by molar-refractivity contribution is 6.04. The molecule has 2 aromatic carbocycles. The lowest BCUT2D eigenvalue weighted by atomic mass is 9.93. The van der Waals surface area contributed by atoms with E-state index < -0.39 is 17.9 Å². The van der Waals surface area contributed by atoms with Crippen molar-refractivity contribution in [2.45, 2.75) is 19.8 Å². The van der Waals surface area contributed by atoms with E-state index in [1.807, 2.05) is 36.4 Å². The Morgan fingerprint density at radius 2 is 1.48 bits per heavy atom. The summed E-state index contributed by atoms with van der Waals surface area (Å²) in [5.41, 5.74) is 0.616. The van der Waals surface area contributed by atoms with Crippen molar-refractivity contribution in [1.82, 2.24) is 0 Å². The summed E-state index contributed by atoms with van der Waals surface area (Å²) in [5.74, 6) is -2.20. The average Bonchev–Trinajstić information content (AvgIpc) is 2.48. The van der Waals surface area contributed by atoms with Crippen LogP contribution in [0.5, 0.6) is 0 Å². The van der Waals surface area contributed by atoms with E-state index in [1.54, 1.807) is 19.9 Å². The van der Waals surface area contributed by atoms with Gasteiger partial charge in [0.2, 0.25) is 0 Å². The van der Waals surface area contributed by atoms with Gasteiger partial charge in [0, 0.05) is 0 Å². The normalized spacial score (nSPS) is 10.6. The largest absolute Gasteiger partial charge is 0.465 e. The molecule has 0 saturated heterocycles. The first-order chi connectivity index (χ1) is 10.2. The number of ether oxygens (including phenoxy) is 2. The first-order valence-electron chi connectivity index (χ1n) is 7.00. The molecule has 0 bridgehead atoms. The van der Waals surface area contributed by atoms with Gasteiger partial charge in [-0.3, -0.25) is 9.59 Å². The number of benzene rings is 2. The summed E-state index contributed by atoms with van der Waals surface area (Å²) in [4.78, 5) is 24.4. The number of rotatable bonds is 5. The maximum Gasteiger partial charge on any atom is 0.324 e. The predicted octanol–water partition coefficient (Wildman–Crippen LogP) is 3.05. The van der Waals surface area contributed by atoms with E-state index >= 15 is 0 Å². The third-order valence-electron chi connectivity index (χ3n) is 3.18. The van der Waals surface area contributed by atoms with E-state index in [0.29, 0.717) is 5.56 Å². The van der Waals surface area contributed by atoms with Crippen LogP contribution >= 0.6 is 0 Å². The van der Waals surface area contributed by atoms with Crippen LogP contribution in [-0.2, 0) is 19.1 Å². The van der Waals surface area contributed by atoms with Crippen molar-refractivity contribution >= 4 is 22.7 Å². The van der Waals surface area contributed by atoms with Crippen molar-refractivity contribution in [3.63, 3.8) is 0 Å². The van der Waals surface area contributed by atoms with Crippen LogP contribution in [0, 0.1) is 0 Å². The van der Waals surface area contributed by atoms with Crippen LogP contribution in [0.15, 0.2) is 42.5 Å². The van der Waals surface area contributed by atoms with Crippen LogP contribution in [-0.4, -0.2) is 25.2 Å². The number of hydrogen-bond acceptors (Lipinski definition) is 4. The number of hydrogen-bond donors (Lipinski definition) is 0. The van der Waals surface area contributed by atoms with Crippen LogP contribution in [0.1, 0.15) is 25.3 Å². The Balaban J connectivity index is 2.52. The van der Waals surface area contributed by atoms with Crippen molar-refractivity contribution in [3.05, 3.63) is 48.0 Å². The Labute approximate surface area is 123 Å². The molecule has 0 spiro atoms. The molecule has 0 aliphatic carbocycles. The molecule has 0 aliphatic heterocycles. The second-order valence-electron chi connectivity index (χ2n) is 4.51. The minimum absolute atomic E-state index is 0.222. The van der Waals surface area contributed by atoms with Crippen LogP contribution in [0.4, 0.5) is 0 Å². The van der Waals surface area contributed by atoms with Crippen LogP contribution < -0.4 is 0 Å². The van der Waals surface area contributed by atoms with Gasteiger partial charge in [0.25, 0.3) is 0 Å². The van der Waals surface area contributed by atoms with Gasteiger partial charge in [0.05, 0.1) is 13.2 Å². The van der Waals surface area contributed by atoms with Gasteiger partial charge in [0.1, 0.15) is 0 Å². The predicted molar refractivity (Wildman–Crippen MR) is 80.0 cm³/mol. The lowest BCUT2D eigenvalue weighted by Gasteiger charge is -2.16. The maximum absolute atomic E-state index is 12.2. The van der Waals surface area contributed by atoms with E-state index in [9.17, 15) is 9.59 Å². The first-order valence-corrected chi connectivity index (χ1v) is 7.00. The van der Waals surface area contributed by atoms with Gasteiger partial charge < -0.3 is 9.47 Å². The molecule has 0 N–H and O–H groups in total. The summed E-state index contributed by atoms with van der Waals surface area (Å²) in [6.07, 6.45) is 0. The first kappa shape index (κ1) is 15.0. The monoisotopic (exact) mass is 286 g/mol. The number of esters is 2. The van der Waals surface area contributed by atoms with E-state index in [0.717, 1.165) is 10.8 Å². The minimum Gasteiger partial charge on any atom is -0.465 e. The third kappa shape index (κ3) is 3.21. The highest BCUT2D eigenvalue weighted by Crippen LogP contribution is 2.27. The Kier molecular flexibility index (Phi) is 4.93. The van der Waals surface area contributed by atoms with E-state index in [1.165, 1.54) is 0 Å². The molecule has 0 unspecified atom stereocenters. The fourth-order valence-electron chi connectivity index (χ4n) is 2.30. The smallest absolute Gasteiger partial charge is 0.324 e. The van der Waals surface area contributed by atoms with Gasteiger partial charge in [-0.15, -0.1) is 0 Å². The molecule has 0 amide bonds. The molecular weight excluding hydrogens is 268 g/mol. The summed E-state index contributed by atoms with van der Waals surface area (Å²) in [6.45, 7) is 3.87. The molecule has 0 saturated carbocycles. The minimum atomic E-state index is -1.05. The highest BCUT2D eigenvalue weighted by Gasteiger charge is 2.32. The molecule has 0 heterocycles. The Hall–Kier alpha value is -2.36. The fraction of sp³-hybridized carbons (Fsp3) is 0.294. The SMILES string of the molecule is CCOC(=O)C(C(=O)OCC)c1cccc2ccccc12. The van der Waals surface area contributed by atoms with Gasteiger partial charge in [-0.25, -0.2) is 0 Å². The van der Waals surface area contributed by atoms with Gasteiger partial charge in [-0.05, 0) is 30.2 Å². The highest BCUT2D eigenvalue weighted by atomic mass is 16.6. The standard InChI is InChI=1S/C17H18O4/c1-3-20-16(18)15(17(19)21-4-2)14-11-7-9-12-8-5-6-10-13(12)14/h5-11,15H,3-4H2,1-2H3. The molecule has 0 fully saturated rings. The summed E-state index contributed by atoms with van der Waals surface area (Å²) >= 11 is 0. The summed E-state index contributed by atoms with van der Waals surface area (Å²) in [7, 11) is 0. The maximum atomic E-state index is 12.2. The van der Waals surface area contributed by atoms with Gasteiger partial charge >= 0.3 is 11.9 Å².